The molecule has 0 saturated carbocycles. The van der Waals surface area contributed by atoms with Crippen LogP contribution in [0.25, 0.3) is 94.4 Å². The van der Waals surface area contributed by atoms with Crippen molar-refractivity contribution in [2.24, 2.45) is 0 Å². The summed E-state index contributed by atoms with van der Waals surface area (Å²) in [7, 11) is 0. The molecule has 7 aromatic carbocycles. The molecule has 3 heterocycles. The predicted molar refractivity (Wildman–Crippen MR) is 195 cm³/mol. The molecule has 0 bridgehead atoms. The highest BCUT2D eigenvalue weighted by atomic mass is 16.3. The molecule has 0 aliphatic carbocycles. The van der Waals surface area contributed by atoms with Crippen LogP contribution in [0.1, 0.15) is 0 Å². The Kier molecular flexibility index (Phi) is 5.81. The zero-order valence-corrected chi connectivity index (χ0v) is 25.7. The number of rotatable bonds is 4. The normalized spacial score (nSPS) is 11.8. The Bertz CT molecular complexity index is 2850. The van der Waals surface area contributed by atoms with Gasteiger partial charge in [0.25, 0.3) is 0 Å². The molecule has 0 spiro atoms. The van der Waals surface area contributed by atoms with Gasteiger partial charge in [0.05, 0.1) is 11.0 Å². The van der Waals surface area contributed by atoms with Crippen molar-refractivity contribution in [2.45, 2.75) is 0 Å². The fourth-order valence-electron chi connectivity index (χ4n) is 6.93. The van der Waals surface area contributed by atoms with E-state index < -0.39 is 0 Å². The maximum atomic E-state index is 6.15. The SMILES string of the molecule is c1ccc(-c2cccc(-c3nc(-c4ccc5oc6ccccc6c5c4)nc(-n4c5ccccc5c5cc6ccccc6cc54)n3)c2)cc1. The summed E-state index contributed by atoms with van der Waals surface area (Å²) >= 11 is 0. The van der Waals surface area contributed by atoms with E-state index in [2.05, 4.69) is 126 Å². The number of hydrogen-bond donors (Lipinski definition) is 0. The number of furan rings is 1. The quantitative estimate of drug-likeness (QED) is 0.198. The number of hydrogen-bond acceptors (Lipinski definition) is 4. The maximum absolute atomic E-state index is 6.15. The molecule has 0 aliphatic rings. The fraction of sp³-hybridized carbons (Fsp3) is 0. The first-order chi connectivity index (χ1) is 23.8. The van der Waals surface area contributed by atoms with Gasteiger partial charge in [0.2, 0.25) is 5.95 Å². The lowest BCUT2D eigenvalue weighted by atomic mass is 10.0. The van der Waals surface area contributed by atoms with E-state index in [-0.39, 0.29) is 0 Å². The molecule has 0 atom stereocenters. The first-order valence-electron chi connectivity index (χ1n) is 16.0. The minimum absolute atomic E-state index is 0.568. The lowest BCUT2D eigenvalue weighted by Gasteiger charge is -2.12. The Balaban J connectivity index is 1.26. The maximum Gasteiger partial charge on any atom is 0.238 e. The van der Waals surface area contributed by atoms with Crippen LogP contribution in [0.5, 0.6) is 0 Å². The Morgan fingerprint density at radius 3 is 1.88 bits per heavy atom. The van der Waals surface area contributed by atoms with Crippen molar-refractivity contribution < 1.29 is 4.42 Å². The highest BCUT2D eigenvalue weighted by Crippen LogP contribution is 2.36. The van der Waals surface area contributed by atoms with Crippen molar-refractivity contribution in [1.29, 1.82) is 0 Å². The third-order valence-corrected chi connectivity index (χ3v) is 9.23. The van der Waals surface area contributed by atoms with Crippen LogP contribution in [0.2, 0.25) is 0 Å². The van der Waals surface area contributed by atoms with E-state index in [1.807, 2.05) is 36.4 Å². The molecule has 0 N–H and O–H groups in total. The summed E-state index contributed by atoms with van der Waals surface area (Å²) in [6.45, 7) is 0. The van der Waals surface area contributed by atoms with Crippen LogP contribution in [0, 0.1) is 0 Å². The van der Waals surface area contributed by atoms with E-state index >= 15 is 0 Å². The first kappa shape index (κ1) is 26.6. The van der Waals surface area contributed by atoms with Crippen molar-refractivity contribution in [1.82, 2.24) is 19.5 Å². The van der Waals surface area contributed by atoms with Gasteiger partial charge in [-0.05, 0) is 70.4 Å². The van der Waals surface area contributed by atoms with Crippen molar-refractivity contribution >= 4 is 54.5 Å². The molecular weight excluding hydrogens is 589 g/mol. The monoisotopic (exact) mass is 614 g/mol. The van der Waals surface area contributed by atoms with Gasteiger partial charge < -0.3 is 4.42 Å². The van der Waals surface area contributed by atoms with E-state index in [1.165, 1.54) is 5.39 Å². The molecule has 5 nitrogen and oxygen atoms in total. The van der Waals surface area contributed by atoms with Crippen LogP contribution in [0.15, 0.2) is 162 Å². The van der Waals surface area contributed by atoms with Gasteiger partial charge in [0, 0.05) is 32.7 Å². The zero-order chi connectivity index (χ0) is 31.6. The molecule has 5 heteroatoms. The van der Waals surface area contributed by atoms with Gasteiger partial charge in [-0.25, -0.2) is 4.98 Å². The summed E-state index contributed by atoms with van der Waals surface area (Å²) in [6.07, 6.45) is 0. The Morgan fingerprint density at radius 2 is 1.02 bits per heavy atom. The molecule has 48 heavy (non-hydrogen) atoms. The van der Waals surface area contributed by atoms with Crippen molar-refractivity contribution in [3.63, 3.8) is 0 Å². The summed E-state index contributed by atoms with van der Waals surface area (Å²) in [5.41, 5.74) is 7.84. The highest BCUT2D eigenvalue weighted by Gasteiger charge is 2.19. The summed E-state index contributed by atoms with van der Waals surface area (Å²) in [5, 5.41) is 6.76. The van der Waals surface area contributed by atoms with E-state index in [0.717, 1.165) is 71.4 Å². The van der Waals surface area contributed by atoms with Crippen molar-refractivity contribution in [2.75, 3.05) is 0 Å². The summed E-state index contributed by atoms with van der Waals surface area (Å²) < 4.78 is 8.33. The number of fused-ring (bicyclic) bond motifs is 7. The van der Waals surface area contributed by atoms with Crippen molar-refractivity contribution in [3.8, 4) is 39.9 Å². The van der Waals surface area contributed by atoms with Crippen LogP contribution in [0.4, 0.5) is 0 Å². The van der Waals surface area contributed by atoms with Gasteiger partial charge in [-0.3, -0.25) is 4.57 Å². The Labute approximate surface area is 275 Å². The molecular formula is C43H26N4O. The number of benzene rings is 7. The minimum atomic E-state index is 0.568. The number of nitrogens with zero attached hydrogens (tertiary/aromatic N) is 4. The number of aromatic nitrogens is 4. The zero-order valence-electron chi connectivity index (χ0n) is 25.7. The lowest BCUT2D eigenvalue weighted by molar-refractivity contribution is 0.669. The molecule has 10 aromatic rings. The Hall–Kier alpha value is -6.59. The van der Waals surface area contributed by atoms with E-state index in [9.17, 15) is 0 Å². The van der Waals surface area contributed by atoms with Gasteiger partial charge in [-0.1, -0.05) is 109 Å². The average Bonchev–Trinajstić information content (AvgIpc) is 3.69. The third-order valence-electron chi connectivity index (χ3n) is 9.23. The van der Waals surface area contributed by atoms with Gasteiger partial charge in [-0.15, -0.1) is 0 Å². The second-order valence-electron chi connectivity index (χ2n) is 12.1. The summed E-state index contributed by atoms with van der Waals surface area (Å²) in [5.74, 6) is 1.77. The topological polar surface area (TPSA) is 56.7 Å². The van der Waals surface area contributed by atoms with Gasteiger partial charge in [-0.2, -0.15) is 9.97 Å². The fourth-order valence-corrected chi connectivity index (χ4v) is 6.93. The minimum Gasteiger partial charge on any atom is -0.456 e. The average molecular weight is 615 g/mol. The predicted octanol–water partition coefficient (Wildman–Crippen LogP) is 11.0. The van der Waals surface area contributed by atoms with Gasteiger partial charge in [0.15, 0.2) is 11.6 Å². The number of para-hydroxylation sites is 2. The molecule has 0 saturated heterocycles. The molecule has 10 rings (SSSR count). The van der Waals surface area contributed by atoms with Gasteiger partial charge >= 0.3 is 0 Å². The van der Waals surface area contributed by atoms with E-state index in [1.54, 1.807) is 0 Å². The summed E-state index contributed by atoms with van der Waals surface area (Å²) in [6, 6.07) is 54.6. The lowest BCUT2D eigenvalue weighted by Crippen LogP contribution is -2.06. The second-order valence-corrected chi connectivity index (χ2v) is 12.1. The molecule has 0 amide bonds. The van der Waals surface area contributed by atoms with E-state index in [0.29, 0.717) is 17.6 Å². The van der Waals surface area contributed by atoms with Crippen LogP contribution < -0.4 is 0 Å². The summed E-state index contributed by atoms with van der Waals surface area (Å²) in [4.78, 5) is 15.6. The van der Waals surface area contributed by atoms with Crippen LogP contribution in [-0.2, 0) is 0 Å². The smallest absolute Gasteiger partial charge is 0.238 e. The highest BCUT2D eigenvalue weighted by molar-refractivity contribution is 6.13. The van der Waals surface area contributed by atoms with Crippen LogP contribution in [-0.4, -0.2) is 19.5 Å². The van der Waals surface area contributed by atoms with Crippen LogP contribution >= 0.6 is 0 Å². The first-order valence-corrected chi connectivity index (χ1v) is 16.0. The molecule has 0 aliphatic heterocycles. The Morgan fingerprint density at radius 1 is 0.375 bits per heavy atom. The second kappa shape index (κ2) is 10.5. The van der Waals surface area contributed by atoms with Crippen LogP contribution in [0.3, 0.4) is 0 Å². The van der Waals surface area contributed by atoms with Crippen molar-refractivity contribution in [3.05, 3.63) is 158 Å². The molecule has 224 valence electrons. The van der Waals surface area contributed by atoms with Gasteiger partial charge in [0.1, 0.15) is 11.2 Å². The third kappa shape index (κ3) is 4.22. The standard InChI is InChI=1S/C43H26N4O/c1-2-11-27(12-3-1)28-15-10-16-31(23-28)41-44-42(32-21-22-40-36(25-32)34-18-7-9-20-39(34)48-40)46-43(45-41)47-37-19-8-6-17-33(37)35-24-29-13-4-5-14-30(29)26-38(35)47/h1-26H. The molecule has 3 aromatic heterocycles. The molecule has 0 fully saturated rings. The molecule has 0 radical (unpaired) electrons. The van der Waals surface area contributed by atoms with E-state index in [4.69, 9.17) is 19.4 Å². The largest absolute Gasteiger partial charge is 0.456 e. The molecule has 0 unspecified atom stereocenters.